The van der Waals surface area contributed by atoms with Crippen LogP contribution >= 0.6 is 0 Å². The number of carbonyl (C=O) groups excluding carboxylic acids is 1. The number of alkyl halides is 1. The first-order chi connectivity index (χ1) is 21.8. The van der Waals surface area contributed by atoms with Gasteiger partial charge in [0.05, 0.1) is 42.7 Å². The maximum absolute atomic E-state index is 14.3. The second-order valence-electron chi connectivity index (χ2n) is 14.7. The topological polar surface area (TPSA) is 96.2 Å². The van der Waals surface area contributed by atoms with E-state index < -0.39 is 24.5 Å². The van der Waals surface area contributed by atoms with Gasteiger partial charge in [-0.15, -0.1) is 0 Å². The lowest BCUT2D eigenvalue weighted by Crippen LogP contribution is -2.33. The average molecular weight is 638 g/mol. The molecule has 9 atom stereocenters. The number of hydrogen-bond donors (Lipinski definition) is 3. The molecular weight excluding hydrogens is 570 g/mol. The maximum atomic E-state index is 14.3. The fourth-order valence-corrected chi connectivity index (χ4v) is 7.58. The molecule has 0 aromatic carbocycles. The number of Topliss-reactive ketones (excluding diaryl/α,β-unsaturated/α-hetero) is 1. The fourth-order valence-electron chi connectivity index (χ4n) is 7.58. The molecule has 3 rings (SSSR count). The summed E-state index contributed by atoms with van der Waals surface area (Å²) in [5.74, 6) is 0.384. The number of halogens is 1. The molecule has 6 nitrogen and oxygen atoms in total. The molecule has 2 aliphatic heterocycles. The van der Waals surface area contributed by atoms with Crippen LogP contribution in [0.4, 0.5) is 4.39 Å². The highest BCUT2D eigenvalue weighted by Gasteiger charge is 2.36. The van der Waals surface area contributed by atoms with Crippen molar-refractivity contribution in [1.29, 1.82) is 0 Å². The standard InChI is InChI=1S/C38H67FO6/c1-3-4-5-6-7-8-12-15-18-32(40)37-23-24-38(45-37)34(42)21-20-33(41)36-22-19-31(44-36)17-14-11-9-10-13-16-30(39)27-29-25-28(2)26-35(29)43/h25,28,30-34,36-38,40-42H,3-24,26-27H2,1-2H3/t28-,30+,31+,32-,33-,34+,36-,37+,38+/m0/s1/i39-1. The summed E-state index contributed by atoms with van der Waals surface area (Å²) in [7, 11) is 0. The number of unbranched alkanes of at least 4 members (excludes halogenated alkanes) is 11. The van der Waals surface area contributed by atoms with Gasteiger partial charge in [0.15, 0.2) is 5.78 Å². The Morgan fingerprint density at radius 2 is 1.22 bits per heavy atom. The number of aliphatic hydroxyl groups excluding tert-OH is 3. The minimum atomic E-state index is -0.910. The predicted octanol–water partition coefficient (Wildman–Crippen LogP) is 8.47. The van der Waals surface area contributed by atoms with Crippen molar-refractivity contribution in [3.05, 3.63) is 11.6 Å². The summed E-state index contributed by atoms with van der Waals surface area (Å²) in [6.07, 6.45) is 21.5. The molecule has 3 aliphatic rings. The highest BCUT2D eigenvalue weighted by Crippen LogP contribution is 2.31. The van der Waals surface area contributed by atoms with Gasteiger partial charge in [-0.2, -0.15) is 0 Å². The Hall–Kier alpha value is -0.860. The van der Waals surface area contributed by atoms with Crippen LogP contribution in [0.15, 0.2) is 11.6 Å². The molecule has 2 saturated heterocycles. The van der Waals surface area contributed by atoms with E-state index >= 15 is 0 Å². The van der Waals surface area contributed by atoms with Gasteiger partial charge in [-0.1, -0.05) is 103 Å². The summed E-state index contributed by atoms with van der Waals surface area (Å²) in [5.41, 5.74) is 0.697. The number of rotatable bonds is 25. The van der Waals surface area contributed by atoms with Crippen LogP contribution < -0.4 is 0 Å². The Labute approximate surface area is 273 Å². The fraction of sp³-hybridized carbons (Fsp3) is 0.921. The van der Waals surface area contributed by atoms with Gasteiger partial charge in [0, 0.05) is 12.8 Å². The van der Waals surface area contributed by atoms with Gasteiger partial charge in [0.25, 0.3) is 0 Å². The number of ether oxygens (including phenoxy) is 2. The molecule has 2 heterocycles. The van der Waals surface area contributed by atoms with Gasteiger partial charge < -0.3 is 24.8 Å². The average Bonchev–Trinajstić information content (AvgIpc) is 3.77. The van der Waals surface area contributed by atoms with E-state index in [0.717, 1.165) is 83.5 Å². The van der Waals surface area contributed by atoms with Crippen LogP contribution in [0.3, 0.4) is 0 Å². The van der Waals surface area contributed by atoms with Crippen molar-refractivity contribution < 1.29 is 34.0 Å². The van der Waals surface area contributed by atoms with Crippen molar-refractivity contribution in [2.24, 2.45) is 5.92 Å². The first-order valence-corrected chi connectivity index (χ1v) is 19.0. The summed E-state index contributed by atoms with van der Waals surface area (Å²) < 4.78 is 26.5. The molecule has 0 aromatic heterocycles. The lowest BCUT2D eigenvalue weighted by molar-refractivity contribution is -0.115. The SMILES string of the molecule is CCCCCCCCCC[C@H](O)[C@H]1CC[C@H]([C@H](O)CC[C@H](O)[C@@H]2CC[C@@H](CCCCCCC[C@@H]([18F])CC3=C[C@H](C)CC3=O)O2)O1. The number of allylic oxidation sites excluding steroid dienone is 2. The predicted molar refractivity (Wildman–Crippen MR) is 179 cm³/mol. The van der Waals surface area contributed by atoms with Crippen LogP contribution in [-0.4, -0.2) is 70.0 Å². The van der Waals surface area contributed by atoms with Crippen molar-refractivity contribution in [1.82, 2.24) is 0 Å². The van der Waals surface area contributed by atoms with E-state index in [1.54, 1.807) is 0 Å². The van der Waals surface area contributed by atoms with Crippen LogP contribution in [-0.2, 0) is 14.3 Å². The molecule has 0 radical (unpaired) electrons. The highest BCUT2D eigenvalue weighted by molar-refractivity contribution is 5.97. The quantitative estimate of drug-likeness (QED) is 0.0869. The van der Waals surface area contributed by atoms with E-state index in [2.05, 4.69) is 6.92 Å². The molecule has 0 amide bonds. The van der Waals surface area contributed by atoms with Crippen molar-refractivity contribution in [2.75, 3.05) is 0 Å². The minimum absolute atomic E-state index is 0.125. The zero-order valence-corrected chi connectivity index (χ0v) is 28.7. The minimum Gasteiger partial charge on any atom is -0.390 e. The van der Waals surface area contributed by atoms with Gasteiger partial charge in [-0.05, 0) is 69.3 Å². The van der Waals surface area contributed by atoms with Gasteiger partial charge in [-0.3, -0.25) is 4.79 Å². The number of aliphatic hydroxyl groups is 3. The van der Waals surface area contributed by atoms with Crippen molar-refractivity contribution >= 4 is 5.78 Å². The molecule has 3 N–H and O–H groups in total. The Kier molecular flexibility index (Phi) is 18.8. The third-order valence-electron chi connectivity index (χ3n) is 10.5. The number of hydrogen-bond acceptors (Lipinski definition) is 6. The third kappa shape index (κ3) is 14.8. The molecule has 7 heteroatoms. The monoisotopic (exact) mass is 637 g/mol. The summed E-state index contributed by atoms with van der Waals surface area (Å²) >= 11 is 0. The molecule has 0 bridgehead atoms. The molecular formula is C38H67FO6. The Morgan fingerprint density at radius 1 is 0.711 bits per heavy atom. The Balaban J connectivity index is 1.16. The summed E-state index contributed by atoms with van der Waals surface area (Å²) in [6, 6.07) is 0. The van der Waals surface area contributed by atoms with Gasteiger partial charge in [0.2, 0.25) is 0 Å². The lowest BCUT2D eigenvalue weighted by Gasteiger charge is -2.24. The Bertz CT molecular complexity index is 835. The first kappa shape index (κ1) is 38.6. The van der Waals surface area contributed by atoms with Crippen molar-refractivity contribution in [3.63, 3.8) is 0 Å². The van der Waals surface area contributed by atoms with E-state index in [1.165, 1.54) is 38.5 Å². The van der Waals surface area contributed by atoms with Gasteiger partial charge >= 0.3 is 0 Å². The molecule has 0 spiro atoms. The Morgan fingerprint density at radius 3 is 1.82 bits per heavy atom. The van der Waals surface area contributed by atoms with Crippen molar-refractivity contribution in [3.8, 4) is 0 Å². The summed E-state index contributed by atoms with van der Waals surface area (Å²) in [5, 5.41) is 32.1. The largest absolute Gasteiger partial charge is 0.390 e. The van der Waals surface area contributed by atoms with Crippen LogP contribution in [0.5, 0.6) is 0 Å². The van der Waals surface area contributed by atoms with Crippen LogP contribution in [0.25, 0.3) is 0 Å². The maximum Gasteiger partial charge on any atom is 0.159 e. The van der Waals surface area contributed by atoms with Crippen LogP contribution in [0.1, 0.15) is 168 Å². The second-order valence-corrected chi connectivity index (χ2v) is 14.7. The molecule has 0 aromatic rings. The number of ketones is 1. The smallest absolute Gasteiger partial charge is 0.159 e. The zero-order chi connectivity index (χ0) is 32.4. The van der Waals surface area contributed by atoms with E-state index in [0.29, 0.717) is 31.3 Å². The molecule has 0 unspecified atom stereocenters. The van der Waals surface area contributed by atoms with E-state index in [9.17, 15) is 24.5 Å². The zero-order valence-electron chi connectivity index (χ0n) is 28.7. The first-order valence-electron chi connectivity index (χ1n) is 19.0. The number of carbonyl (C=O) groups is 1. The normalized spacial score (nSPS) is 28.0. The third-order valence-corrected chi connectivity index (χ3v) is 10.5. The van der Waals surface area contributed by atoms with Gasteiger partial charge in [0.1, 0.15) is 6.17 Å². The highest BCUT2D eigenvalue weighted by atomic mass is 18.2. The van der Waals surface area contributed by atoms with Gasteiger partial charge in [-0.25, -0.2) is 4.39 Å². The summed E-state index contributed by atoms with van der Waals surface area (Å²) in [4.78, 5) is 11.9. The lowest BCUT2D eigenvalue weighted by atomic mass is 9.98. The summed E-state index contributed by atoms with van der Waals surface area (Å²) in [6.45, 7) is 4.25. The van der Waals surface area contributed by atoms with E-state index in [4.69, 9.17) is 9.47 Å². The van der Waals surface area contributed by atoms with Crippen LogP contribution in [0, 0.1) is 5.92 Å². The second kappa shape index (κ2) is 21.9. The molecule has 1 aliphatic carbocycles. The molecule has 2 fully saturated rings. The van der Waals surface area contributed by atoms with E-state index in [-0.39, 0.29) is 42.5 Å². The molecule has 45 heavy (non-hydrogen) atoms. The van der Waals surface area contributed by atoms with Crippen LogP contribution in [0.2, 0.25) is 0 Å². The molecule has 262 valence electrons. The van der Waals surface area contributed by atoms with E-state index in [1.807, 2.05) is 13.0 Å². The molecule has 0 saturated carbocycles. The van der Waals surface area contributed by atoms with Crippen molar-refractivity contribution in [2.45, 2.75) is 217 Å².